The molecule has 0 bridgehead atoms. The number of hydrogen-bond donors (Lipinski definition) is 0. The zero-order chi connectivity index (χ0) is 15.5. The smallest absolute Gasteiger partial charge is 0.0552 e. The maximum absolute atomic E-state index is 2.48. The van der Waals surface area contributed by atoms with Gasteiger partial charge >= 0.3 is 0 Å². The van der Waals surface area contributed by atoms with Crippen LogP contribution in [0, 0.1) is 0 Å². The van der Waals surface area contributed by atoms with Crippen LogP contribution in [0.1, 0.15) is 20.3 Å². The van der Waals surface area contributed by atoms with Crippen LogP contribution in [-0.2, 0) is 0 Å². The number of hydrogen-bond acceptors (Lipinski definition) is 3. The van der Waals surface area contributed by atoms with Crippen LogP contribution in [0.25, 0.3) is 0 Å². The molecule has 2 aromatic carbocycles. The monoisotopic (exact) mass is 312 g/mol. The van der Waals surface area contributed by atoms with Crippen molar-refractivity contribution in [1.29, 1.82) is 0 Å². The SMILES string of the molecule is CC(C)N(C)CCCN1c2ccccc2Sc2ccccc21. The summed E-state index contributed by atoms with van der Waals surface area (Å²) in [5.74, 6) is 0. The minimum absolute atomic E-state index is 0.608. The van der Waals surface area contributed by atoms with Gasteiger partial charge in [-0.2, -0.15) is 0 Å². The van der Waals surface area contributed by atoms with Crippen molar-refractivity contribution in [1.82, 2.24) is 4.90 Å². The van der Waals surface area contributed by atoms with Crippen molar-refractivity contribution in [2.75, 3.05) is 25.0 Å². The molecule has 0 saturated heterocycles. The molecule has 0 N–H and O–H groups in total. The Balaban J connectivity index is 1.81. The zero-order valence-corrected chi connectivity index (χ0v) is 14.4. The van der Waals surface area contributed by atoms with Gasteiger partial charge in [-0.3, -0.25) is 0 Å². The second-order valence-corrected chi connectivity index (χ2v) is 7.20. The van der Waals surface area contributed by atoms with E-state index in [0.29, 0.717) is 6.04 Å². The lowest BCUT2D eigenvalue weighted by molar-refractivity contribution is 0.272. The number of para-hydroxylation sites is 2. The number of benzene rings is 2. The molecule has 2 nitrogen and oxygen atoms in total. The van der Waals surface area contributed by atoms with Gasteiger partial charge in [0, 0.05) is 22.4 Å². The van der Waals surface area contributed by atoms with E-state index in [9.17, 15) is 0 Å². The second kappa shape index (κ2) is 6.76. The molecule has 3 heteroatoms. The molecule has 0 radical (unpaired) electrons. The van der Waals surface area contributed by atoms with Crippen LogP contribution in [0.15, 0.2) is 58.3 Å². The fourth-order valence-electron chi connectivity index (χ4n) is 2.76. The predicted octanol–water partition coefficient (Wildman–Crippen LogP) is 5.02. The van der Waals surface area contributed by atoms with Gasteiger partial charge in [-0.15, -0.1) is 0 Å². The molecular weight excluding hydrogens is 288 g/mol. The normalized spacial score (nSPS) is 13.4. The van der Waals surface area contributed by atoms with Crippen molar-refractivity contribution in [2.24, 2.45) is 0 Å². The Hall–Kier alpha value is -1.45. The van der Waals surface area contributed by atoms with Crippen LogP contribution in [0.2, 0.25) is 0 Å². The third kappa shape index (κ3) is 3.16. The van der Waals surface area contributed by atoms with Crippen molar-refractivity contribution >= 4 is 23.1 Å². The van der Waals surface area contributed by atoms with Gasteiger partial charge < -0.3 is 9.80 Å². The van der Waals surface area contributed by atoms with Crippen LogP contribution in [-0.4, -0.2) is 31.1 Å². The fraction of sp³-hybridized carbons (Fsp3) is 0.368. The standard InChI is InChI=1S/C19H24N2S/c1-15(2)20(3)13-8-14-21-16-9-4-6-11-18(16)22-19-12-7-5-10-17(19)21/h4-7,9-12,15H,8,13-14H2,1-3H3. The molecule has 1 aliphatic rings. The van der Waals surface area contributed by atoms with Crippen LogP contribution in [0.4, 0.5) is 11.4 Å². The molecule has 1 heterocycles. The fourth-order valence-corrected chi connectivity index (χ4v) is 3.85. The summed E-state index contributed by atoms with van der Waals surface area (Å²) in [6.07, 6.45) is 1.17. The summed E-state index contributed by atoms with van der Waals surface area (Å²) in [6, 6.07) is 18.1. The predicted molar refractivity (Wildman–Crippen MR) is 96.4 cm³/mol. The molecule has 0 amide bonds. The van der Waals surface area contributed by atoms with Crippen molar-refractivity contribution < 1.29 is 0 Å². The van der Waals surface area contributed by atoms with Crippen molar-refractivity contribution in [3.05, 3.63) is 48.5 Å². The summed E-state index contributed by atoms with van der Waals surface area (Å²) >= 11 is 1.88. The molecular formula is C19H24N2S. The first kappa shape index (κ1) is 15.4. The first-order valence-corrected chi connectivity index (χ1v) is 8.82. The molecule has 3 rings (SSSR count). The van der Waals surface area contributed by atoms with Crippen molar-refractivity contribution in [3.63, 3.8) is 0 Å². The summed E-state index contributed by atoms with van der Waals surface area (Å²) in [5, 5.41) is 0. The Kier molecular flexibility index (Phi) is 4.74. The van der Waals surface area contributed by atoms with Gasteiger partial charge in [-0.1, -0.05) is 36.0 Å². The van der Waals surface area contributed by atoms with E-state index in [4.69, 9.17) is 0 Å². The van der Waals surface area contributed by atoms with E-state index < -0.39 is 0 Å². The summed E-state index contributed by atoms with van der Waals surface area (Å²) in [5.41, 5.74) is 2.69. The highest BCUT2D eigenvalue weighted by atomic mass is 32.2. The largest absolute Gasteiger partial charge is 0.340 e. The number of nitrogens with zero attached hydrogens (tertiary/aromatic N) is 2. The number of rotatable bonds is 5. The lowest BCUT2D eigenvalue weighted by Gasteiger charge is -2.33. The molecule has 0 aliphatic carbocycles. The van der Waals surface area contributed by atoms with Crippen LogP contribution in [0.5, 0.6) is 0 Å². The van der Waals surface area contributed by atoms with Gasteiger partial charge in [0.2, 0.25) is 0 Å². The molecule has 22 heavy (non-hydrogen) atoms. The molecule has 0 spiro atoms. The number of anilines is 2. The summed E-state index contributed by atoms with van der Waals surface area (Å²) < 4.78 is 0. The highest BCUT2D eigenvalue weighted by Crippen LogP contribution is 2.47. The summed E-state index contributed by atoms with van der Waals surface area (Å²) in [4.78, 5) is 7.61. The Labute approximate surface area is 138 Å². The van der Waals surface area contributed by atoms with E-state index in [2.05, 4.69) is 79.2 Å². The van der Waals surface area contributed by atoms with E-state index in [1.165, 1.54) is 27.6 Å². The number of fused-ring (bicyclic) bond motifs is 2. The Morgan fingerprint density at radius 2 is 1.50 bits per heavy atom. The van der Waals surface area contributed by atoms with Gasteiger partial charge in [0.05, 0.1) is 11.4 Å². The molecule has 0 aromatic heterocycles. The molecule has 116 valence electrons. The van der Waals surface area contributed by atoms with E-state index in [-0.39, 0.29) is 0 Å². The van der Waals surface area contributed by atoms with E-state index >= 15 is 0 Å². The molecule has 2 aromatic rings. The van der Waals surface area contributed by atoms with Crippen molar-refractivity contribution in [3.8, 4) is 0 Å². The van der Waals surface area contributed by atoms with Crippen LogP contribution >= 0.6 is 11.8 Å². The van der Waals surface area contributed by atoms with Gasteiger partial charge in [0.25, 0.3) is 0 Å². The molecule has 0 fully saturated rings. The Morgan fingerprint density at radius 3 is 2.05 bits per heavy atom. The van der Waals surface area contributed by atoms with E-state index in [0.717, 1.165) is 13.1 Å². The third-order valence-electron chi connectivity index (χ3n) is 4.31. The van der Waals surface area contributed by atoms with Crippen LogP contribution < -0.4 is 4.90 Å². The zero-order valence-electron chi connectivity index (χ0n) is 13.6. The summed E-state index contributed by atoms with van der Waals surface area (Å²) in [6.45, 7) is 6.70. The second-order valence-electron chi connectivity index (χ2n) is 6.12. The quantitative estimate of drug-likeness (QED) is 0.765. The van der Waals surface area contributed by atoms with E-state index in [1.54, 1.807) is 0 Å². The van der Waals surface area contributed by atoms with Gasteiger partial charge in [-0.25, -0.2) is 0 Å². The minimum atomic E-state index is 0.608. The average molecular weight is 312 g/mol. The first-order valence-electron chi connectivity index (χ1n) is 8.00. The average Bonchev–Trinajstić information content (AvgIpc) is 2.53. The first-order chi connectivity index (χ1) is 10.7. The molecule has 0 saturated carbocycles. The van der Waals surface area contributed by atoms with Crippen molar-refractivity contribution in [2.45, 2.75) is 36.1 Å². The third-order valence-corrected chi connectivity index (χ3v) is 5.44. The van der Waals surface area contributed by atoms with E-state index in [1.807, 2.05) is 11.8 Å². The minimum Gasteiger partial charge on any atom is -0.340 e. The molecule has 0 unspecified atom stereocenters. The topological polar surface area (TPSA) is 6.48 Å². The van der Waals surface area contributed by atoms with Gasteiger partial charge in [0.1, 0.15) is 0 Å². The van der Waals surface area contributed by atoms with Crippen LogP contribution in [0.3, 0.4) is 0 Å². The molecule has 0 atom stereocenters. The van der Waals surface area contributed by atoms with Gasteiger partial charge in [0.15, 0.2) is 0 Å². The van der Waals surface area contributed by atoms with Gasteiger partial charge in [-0.05, 0) is 58.1 Å². The maximum Gasteiger partial charge on any atom is 0.0552 e. The lowest BCUT2D eigenvalue weighted by atomic mass is 10.2. The molecule has 1 aliphatic heterocycles. The highest BCUT2D eigenvalue weighted by Gasteiger charge is 2.22. The Morgan fingerprint density at radius 1 is 0.955 bits per heavy atom. The Bertz CT molecular complexity index is 593. The highest BCUT2D eigenvalue weighted by molar-refractivity contribution is 7.99. The maximum atomic E-state index is 2.48. The summed E-state index contributed by atoms with van der Waals surface area (Å²) in [7, 11) is 2.21. The lowest BCUT2D eigenvalue weighted by Crippen LogP contribution is -2.30.